The largest absolute Gasteiger partial charge is 0.494 e. The summed E-state index contributed by atoms with van der Waals surface area (Å²) in [7, 11) is 4.16. The van der Waals surface area contributed by atoms with Gasteiger partial charge in [0.25, 0.3) is 0 Å². The van der Waals surface area contributed by atoms with Crippen LogP contribution >= 0.6 is 24.0 Å². The molecule has 0 unspecified atom stereocenters. The van der Waals surface area contributed by atoms with Gasteiger partial charge in [0.1, 0.15) is 5.75 Å². The molecule has 1 fully saturated rings. The Labute approximate surface area is 206 Å². The second kappa shape index (κ2) is 14.9. The molecule has 1 heterocycles. The zero-order valence-corrected chi connectivity index (χ0v) is 22.3. The summed E-state index contributed by atoms with van der Waals surface area (Å²) in [4.78, 5) is 9.41. The molecule has 0 saturated carbocycles. The molecule has 31 heavy (non-hydrogen) atoms. The highest BCUT2D eigenvalue weighted by Crippen LogP contribution is 2.15. The number of rotatable bonds is 11. The quantitative estimate of drug-likeness (QED) is 0.192. The van der Waals surface area contributed by atoms with Gasteiger partial charge in [-0.2, -0.15) is 0 Å². The zero-order chi connectivity index (χ0) is 21.8. The number of nitrogens with one attached hydrogen (secondary N) is 2. The fraction of sp³-hybridized carbons (Fsp3) is 0.696. The molecule has 1 aliphatic rings. The van der Waals surface area contributed by atoms with Gasteiger partial charge in [-0.1, -0.05) is 12.1 Å². The third-order valence-corrected chi connectivity index (χ3v) is 5.26. The molecule has 2 N–H and O–H groups in total. The van der Waals surface area contributed by atoms with Crippen molar-refractivity contribution in [2.45, 2.75) is 39.3 Å². The number of hydrogen-bond acceptors (Lipinski definition) is 5. The summed E-state index contributed by atoms with van der Waals surface area (Å²) < 4.78 is 11.3. The normalized spacial score (nSPS) is 15.5. The summed E-state index contributed by atoms with van der Waals surface area (Å²) in [6.45, 7) is 14.3. The molecule has 0 spiro atoms. The molecule has 0 radical (unpaired) electrons. The summed E-state index contributed by atoms with van der Waals surface area (Å²) in [5, 5.41) is 6.86. The minimum absolute atomic E-state index is 0. The van der Waals surface area contributed by atoms with E-state index >= 15 is 0 Å². The van der Waals surface area contributed by atoms with E-state index < -0.39 is 0 Å². The molecule has 0 atom stereocenters. The monoisotopic (exact) mass is 547 g/mol. The van der Waals surface area contributed by atoms with Crippen LogP contribution in [0.25, 0.3) is 0 Å². The predicted octanol–water partition coefficient (Wildman–Crippen LogP) is 2.80. The summed E-state index contributed by atoms with van der Waals surface area (Å²) in [5.41, 5.74) is 1.21. The van der Waals surface area contributed by atoms with E-state index in [9.17, 15) is 0 Å². The van der Waals surface area contributed by atoms with E-state index in [4.69, 9.17) is 14.5 Å². The summed E-state index contributed by atoms with van der Waals surface area (Å²) >= 11 is 0. The minimum atomic E-state index is 0. The van der Waals surface area contributed by atoms with Crippen LogP contribution in [0.15, 0.2) is 29.3 Å². The molecule has 1 aromatic rings. The van der Waals surface area contributed by atoms with Crippen molar-refractivity contribution in [3.05, 3.63) is 29.8 Å². The van der Waals surface area contributed by atoms with Gasteiger partial charge in [-0.3, -0.25) is 4.90 Å². The number of nitrogens with zero attached hydrogens (tertiary/aromatic N) is 3. The number of ether oxygens (including phenoxy) is 2. The van der Waals surface area contributed by atoms with E-state index in [2.05, 4.69) is 67.4 Å². The summed E-state index contributed by atoms with van der Waals surface area (Å²) in [6.07, 6.45) is 1.03. The number of halogens is 1. The van der Waals surface area contributed by atoms with Crippen molar-refractivity contribution in [2.75, 3.05) is 66.6 Å². The first kappa shape index (κ1) is 27.9. The third-order valence-electron chi connectivity index (χ3n) is 5.26. The second-order valence-electron chi connectivity index (χ2n) is 8.61. The second-order valence-corrected chi connectivity index (χ2v) is 8.61. The minimum Gasteiger partial charge on any atom is -0.494 e. The van der Waals surface area contributed by atoms with Gasteiger partial charge in [-0.05, 0) is 59.0 Å². The maximum absolute atomic E-state index is 5.81. The molecule has 0 aromatic heterocycles. The van der Waals surface area contributed by atoms with E-state index in [0.717, 1.165) is 70.7 Å². The van der Waals surface area contributed by atoms with Gasteiger partial charge < -0.3 is 25.0 Å². The average Bonchev–Trinajstić information content (AvgIpc) is 2.74. The molecule has 1 saturated heterocycles. The van der Waals surface area contributed by atoms with Gasteiger partial charge >= 0.3 is 0 Å². The SMILES string of the molecule is CCNC(=NCc1ccc(OCCCN(C)C)cc1)NCC(C)(C)N1CCOCC1.I. The highest BCUT2D eigenvalue weighted by Gasteiger charge is 2.28. The molecule has 1 aliphatic heterocycles. The van der Waals surface area contributed by atoms with Crippen LogP contribution in [0.1, 0.15) is 32.8 Å². The Balaban J connectivity index is 0.00000480. The van der Waals surface area contributed by atoms with Crippen molar-refractivity contribution in [1.82, 2.24) is 20.4 Å². The lowest BCUT2D eigenvalue weighted by Crippen LogP contribution is -2.56. The average molecular weight is 548 g/mol. The van der Waals surface area contributed by atoms with Gasteiger partial charge in [0.05, 0.1) is 26.4 Å². The summed E-state index contributed by atoms with van der Waals surface area (Å²) in [6, 6.07) is 8.24. The number of aliphatic imine (C=N–C) groups is 1. The first-order chi connectivity index (χ1) is 14.4. The lowest BCUT2D eigenvalue weighted by Gasteiger charge is -2.41. The zero-order valence-electron chi connectivity index (χ0n) is 19.9. The van der Waals surface area contributed by atoms with Crippen LogP contribution in [0.5, 0.6) is 5.75 Å². The van der Waals surface area contributed by atoms with Crippen molar-refractivity contribution >= 4 is 29.9 Å². The molecule has 8 heteroatoms. The predicted molar refractivity (Wildman–Crippen MR) is 140 cm³/mol. The highest BCUT2D eigenvalue weighted by atomic mass is 127. The molecule has 0 amide bonds. The van der Waals surface area contributed by atoms with Crippen molar-refractivity contribution in [3.8, 4) is 5.75 Å². The molecular formula is C23H42IN5O2. The van der Waals surface area contributed by atoms with Crippen LogP contribution in [0.3, 0.4) is 0 Å². The fourth-order valence-corrected chi connectivity index (χ4v) is 3.35. The Morgan fingerprint density at radius 2 is 1.84 bits per heavy atom. The van der Waals surface area contributed by atoms with Gasteiger partial charge in [-0.25, -0.2) is 4.99 Å². The van der Waals surface area contributed by atoms with Gasteiger partial charge in [-0.15, -0.1) is 24.0 Å². The Kier molecular flexibility index (Phi) is 13.4. The third kappa shape index (κ3) is 10.9. The van der Waals surface area contributed by atoms with Crippen molar-refractivity contribution in [1.29, 1.82) is 0 Å². The van der Waals surface area contributed by atoms with Gasteiger partial charge in [0.2, 0.25) is 0 Å². The Hall–Kier alpha value is -1.10. The maximum Gasteiger partial charge on any atom is 0.191 e. The van der Waals surface area contributed by atoms with Crippen molar-refractivity contribution in [3.63, 3.8) is 0 Å². The van der Waals surface area contributed by atoms with Crippen LogP contribution in [0, 0.1) is 0 Å². The van der Waals surface area contributed by atoms with E-state index in [1.807, 2.05) is 12.1 Å². The molecule has 178 valence electrons. The Morgan fingerprint density at radius 3 is 2.45 bits per heavy atom. The van der Waals surface area contributed by atoms with E-state index in [-0.39, 0.29) is 29.5 Å². The van der Waals surface area contributed by atoms with Crippen LogP contribution in [-0.2, 0) is 11.3 Å². The number of guanidine groups is 1. The number of morpholine rings is 1. The highest BCUT2D eigenvalue weighted by molar-refractivity contribution is 14.0. The van der Waals surface area contributed by atoms with Gasteiger partial charge in [0, 0.05) is 38.3 Å². The molecular weight excluding hydrogens is 505 g/mol. The molecule has 0 bridgehead atoms. The topological polar surface area (TPSA) is 61.4 Å². The smallest absolute Gasteiger partial charge is 0.191 e. The number of benzene rings is 1. The molecule has 2 rings (SSSR count). The molecule has 7 nitrogen and oxygen atoms in total. The lowest BCUT2D eigenvalue weighted by molar-refractivity contribution is -0.00834. The number of hydrogen-bond donors (Lipinski definition) is 2. The lowest BCUT2D eigenvalue weighted by atomic mass is 10.0. The van der Waals surface area contributed by atoms with Crippen LogP contribution in [0.2, 0.25) is 0 Å². The van der Waals surface area contributed by atoms with E-state index in [1.54, 1.807) is 0 Å². The Morgan fingerprint density at radius 1 is 1.16 bits per heavy atom. The van der Waals surface area contributed by atoms with Crippen LogP contribution in [0.4, 0.5) is 0 Å². The van der Waals surface area contributed by atoms with Crippen LogP contribution < -0.4 is 15.4 Å². The standard InChI is InChI=1S/C23H41N5O2.HI/c1-6-24-22(26-19-23(2,3)28-13-16-29-17-14-28)25-18-20-8-10-21(11-9-20)30-15-7-12-27(4)5;/h8-11H,6-7,12-19H2,1-5H3,(H2,24,25,26);1H. The Bertz CT molecular complexity index is 631. The van der Waals surface area contributed by atoms with E-state index in [1.165, 1.54) is 5.56 Å². The van der Waals surface area contributed by atoms with E-state index in [0.29, 0.717) is 6.54 Å². The van der Waals surface area contributed by atoms with Crippen LogP contribution in [-0.4, -0.2) is 87.9 Å². The first-order valence-corrected chi connectivity index (χ1v) is 11.1. The molecule has 1 aromatic carbocycles. The fourth-order valence-electron chi connectivity index (χ4n) is 3.35. The van der Waals surface area contributed by atoms with Gasteiger partial charge in [0.15, 0.2) is 5.96 Å². The molecule has 0 aliphatic carbocycles. The maximum atomic E-state index is 5.81. The first-order valence-electron chi connectivity index (χ1n) is 11.1. The van der Waals surface area contributed by atoms with Crippen molar-refractivity contribution < 1.29 is 9.47 Å². The van der Waals surface area contributed by atoms with Crippen molar-refractivity contribution in [2.24, 2.45) is 4.99 Å². The summed E-state index contributed by atoms with van der Waals surface area (Å²) in [5.74, 6) is 1.77.